The summed E-state index contributed by atoms with van der Waals surface area (Å²) in [6.45, 7) is 4.14. The Morgan fingerprint density at radius 2 is 2.09 bits per heavy atom. The Balaban J connectivity index is 1.62. The van der Waals surface area contributed by atoms with Crippen LogP contribution in [0.25, 0.3) is 0 Å². The van der Waals surface area contributed by atoms with Gasteiger partial charge >= 0.3 is 0 Å². The van der Waals surface area contributed by atoms with Crippen molar-refractivity contribution in [1.29, 1.82) is 0 Å². The highest BCUT2D eigenvalue weighted by Gasteiger charge is 2.54. The predicted molar refractivity (Wildman–Crippen MR) is 122 cm³/mol. The Morgan fingerprint density at radius 1 is 1.29 bits per heavy atom. The standard InChI is InChI=1S/C24H26FN3O5S/c1-11(2)8-18-26-27-24(34-18)28-20(12-4-6-15(29)17(9-12)32-3)19-21(30)14-10-13(25)5-7-16(14)33-22(19)23(28)31/h4,6,9,11,13-14,16,20,29H,5,7-8,10H2,1-3H3. The summed E-state index contributed by atoms with van der Waals surface area (Å²) >= 11 is 1.29. The lowest BCUT2D eigenvalue weighted by Gasteiger charge is -2.36. The second-order valence-electron chi connectivity index (χ2n) is 9.37. The summed E-state index contributed by atoms with van der Waals surface area (Å²) in [5.74, 6) is -0.864. The van der Waals surface area contributed by atoms with Crippen LogP contribution in [0.1, 0.15) is 49.7 Å². The van der Waals surface area contributed by atoms with Gasteiger partial charge in [0.1, 0.15) is 17.3 Å². The molecule has 1 fully saturated rings. The van der Waals surface area contributed by atoms with E-state index in [1.165, 1.54) is 29.4 Å². The highest BCUT2D eigenvalue weighted by molar-refractivity contribution is 7.15. The fourth-order valence-electron chi connectivity index (χ4n) is 4.97. The number of benzene rings is 1. The second kappa shape index (κ2) is 8.65. The number of methoxy groups -OCH3 is 1. The normalized spacial score (nSPS) is 26.6. The molecule has 1 amide bonds. The van der Waals surface area contributed by atoms with Crippen LogP contribution >= 0.6 is 11.3 Å². The lowest BCUT2D eigenvalue weighted by molar-refractivity contribution is -0.133. The molecule has 1 aromatic carbocycles. The average molecular weight is 488 g/mol. The van der Waals surface area contributed by atoms with E-state index in [0.717, 1.165) is 5.01 Å². The molecule has 4 atom stereocenters. The molecule has 34 heavy (non-hydrogen) atoms. The number of ketones is 1. The molecule has 0 spiro atoms. The molecule has 1 N–H and O–H groups in total. The number of halogens is 1. The molecule has 3 heterocycles. The number of phenolic OH excluding ortho intramolecular Hbond substituents is 1. The summed E-state index contributed by atoms with van der Waals surface area (Å²) in [7, 11) is 1.42. The monoisotopic (exact) mass is 487 g/mol. The fourth-order valence-corrected chi connectivity index (χ4v) is 6.04. The van der Waals surface area contributed by atoms with E-state index in [-0.39, 0.29) is 35.0 Å². The molecule has 1 saturated carbocycles. The van der Waals surface area contributed by atoms with Gasteiger partial charge in [-0.1, -0.05) is 31.3 Å². The van der Waals surface area contributed by atoms with E-state index >= 15 is 0 Å². The van der Waals surface area contributed by atoms with Crippen molar-refractivity contribution < 1.29 is 28.6 Å². The van der Waals surface area contributed by atoms with Crippen molar-refractivity contribution in [2.75, 3.05) is 12.0 Å². The van der Waals surface area contributed by atoms with Crippen molar-refractivity contribution in [1.82, 2.24) is 10.2 Å². The van der Waals surface area contributed by atoms with Crippen molar-refractivity contribution in [3.8, 4) is 11.5 Å². The topological polar surface area (TPSA) is 102 Å². The number of anilines is 1. The number of nitrogens with zero attached hydrogens (tertiary/aromatic N) is 3. The van der Waals surface area contributed by atoms with E-state index in [1.807, 2.05) is 0 Å². The molecule has 4 unspecified atom stereocenters. The van der Waals surface area contributed by atoms with Crippen molar-refractivity contribution >= 4 is 28.2 Å². The van der Waals surface area contributed by atoms with Gasteiger partial charge in [-0.05, 0) is 42.9 Å². The van der Waals surface area contributed by atoms with Crippen molar-refractivity contribution in [2.24, 2.45) is 11.8 Å². The van der Waals surface area contributed by atoms with E-state index in [2.05, 4.69) is 24.0 Å². The predicted octanol–water partition coefficient (Wildman–Crippen LogP) is 3.90. The van der Waals surface area contributed by atoms with Crippen LogP contribution in [0.3, 0.4) is 0 Å². The van der Waals surface area contributed by atoms with E-state index in [0.29, 0.717) is 35.9 Å². The quantitative estimate of drug-likeness (QED) is 0.682. The van der Waals surface area contributed by atoms with Gasteiger partial charge in [0.05, 0.1) is 24.6 Å². The third-order valence-corrected chi connectivity index (χ3v) is 7.49. The number of carbonyl (C=O) groups excluding carboxylic acids is 2. The van der Waals surface area contributed by atoms with Gasteiger partial charge in [-0.25, -0.2) is 4.39 Å². The Bertz CT molecular complexity index is 1180. The zero-order valence-corrected chi connectivity index (χ0v) is 20.0. The molecule has 1 aliphatic carbocycles. The summed E-state index contributed by atoms with van der Waals surface area (Å²) in [4.78, 5) is 28.7. The summed E-state index contributed by atoms with van der Waals surface area (Å²) in [5.41, 5.74) is 0.755. The molecule has 2 aromatic rings. The molecule has 180 valence electrons. The number of Topliss-reactive ketones (excluding diaryl/α,β-unsaturated/α-hetero) is 1. The Morgan fingerprint density at radius 3 is 2.82 bits per heavy atom. The molecule has 0 radical (unpaired) electrons. The molecule has 0 saturated heterocycles. The first-order valence-electron chi connectivity index (χ1n) is 11.4. The zero-order chi connectivity index (χ0) is 24.1. The second-order valence-corrected chi connectivity index (χ2v) is 10.4. The summed E-state index contributed by atoms with van der Waals surface area (Å²) in [6, 6.07) is 3.83. The first-order valence-corrected chi connectivity index (χ1v) is 12.2. The van der Waals surface area contributed by atoms with Crippen LogP contribution in [-0.2, 0) is 20.7 Å². The molecule has 3 aliphatic rings. The van der Waals surface area contributed by atoms with E-state index < -0.39 is 30.1 Å². The van der Waals surface area contributed by atoms with Crippen LogP contribution in [0.2, 0.25) is 0 Å². The van der Waals surface area contributed by atoms with Gasteiger partial charge in [0, 0.05) is 6.42 Å². The average Bonchev–Trinajstić information content (AvgIpc) is 3.36. The van der Waals surface area contributed by atoms with Crippen LogP contribution < -0.4 is 9.64 Å². The Hall–Kier alpha value is -3.01. The molecule has 1 aromatic heterocycles. The number of carbonyl (C=O) groups is 2. The fraction of sp³-hybridized carbons (Fsp3) is 0.500. The summed E-state index contributed by atoms with van der Waals surface area (Å²) in [5, 5.41) is 19.7. The van der Waals surface area contributed by atoms with Crippen LogP contribution in [-0.4, -0.2) is 46.4 Å². The maximum absolute atomic E-state index is 14.2. The van der Waals surface area contributed by atoms with Crippen molar-refractivity contribution in [3.05, 3.63) is 40.1 Å². The minimum absolute atomic E-state index is 0.00112. The van der Waals surface area contributed by atoms with Crippen LogP contribution in [0.5, 0.6) is 11.5 Å². The molecule has 5 rings (SSSR count). The number of hydrogen-bond acceptors (Lipinski definition) is 8. The van der Waals surface area contributed by atoms with E-state index in [4.69, 9.17) is 9.47 Å². The van der Waals surface area contributed by atoms with E-state index in [1.54, 1.807) is 12.1 Å². The lowest BCUT2D eigenvalue weighted by Crippen LogP contribution is -2.42. The molecule has 0 bridgehead atoms. The molecular weight excluding hydrogens is 461 g/mol. The van der Waals surface area contributed by atoms with Gasteiger partial charge in [0.2, 0.25) is 5.13 Å². The minimum atomic E-state index is -1.07. The number of alkyl halides is 1. The minimum Gasteiger partial charge on any atom is -0.504 e. The van der Waals surface area contributed by atoms with Gasteiger partial charge in [0.25, 0.3) is 5.91 Å². The number of fused-ring (bicyclic) bond motifs is 1. The SMILES string of the molecule is COc1cc(C2C3=C(OC4CCC(F)CC4C3=O)C(=O)N2c2nnc(CC(C)C)s2)ccc1O. The van der Waals surface area contributed by atoms with E-state index in [9.17, 15) is 19.1 Å². The third kappa shape index (κ3) is 3.73. The summed E-state index contributed by atoms with van der Waals surface area (Å²) in [6.07, 6.45) is -0.0975. The highest BCUT2D eigenvalue weighted by atomic mass is 32.1. The maximum Gasteiger partial charge on any atom is 0.296 e. The Kier molecular flexibility index (Phi) is 5.79. The largest absolute Gasteiger partial charge is 0.504 e. The zero-order valence-electron chi connectivity index (χ0n) is 19.2. The van der Waals surface area contributed by atoms with Gasteiger partial charge in [-0.2, -0.15) is 0 Å². The number of aromatic hydroxyl groups is 1. The molecule has 10 heteroatoms. The summed E-state index contributed by atoms with van der Waals surface area (Å²) < 4.78 is 25.5. The van der Waals surface area contributed by atoms with Crippen LogP contribution in [0.4, 0.5) is 9.52 Å². The van der Waals surface area contributed by atoms with Crippen molar-refractivity contribution in [3.63, 3.8) is 0 Å². The van der Waals surface area contributed by atoms with Gasteiger partial charge in [-0.15, -0.1) is 10.2 Å². The van der Waals surface area contributed by atoms with Crippen LogP contribution in [0, 0.1) is 11.8 Å². The van der Waals surface area contributed by atoms with Crippen LogP contribution in [0.15, 0.2) is 29.5 Å². The number of ether oxygens (including phenoxy) is 2. The molecular formula is C24H26FN3O5S. The van der Waals surface area contributed by atoms with Gasteiger partial charge in [0.15, 0.2) is 23.0 Å². The lowest BCUT2D eigenvalue weighted by atomic mass is 9.77. The number of hydrogen-bond donors (Lipinski definition) is 1. The molecule has 2 aliphatic heterocycles. The number of amides is 1. The Labute approximate surface area is 200 Å². The first-order chi connectivity index (χ1) is 16.3. The first kappa shape index (κ1) is 22.8. The van der Waals surface area contributed by atoms with Gasteiger partial charge < -0.3 is 14.6 Å². The third-order valence-electron chi connectivity index (χ3n) is 6.55. The molecule has 8 nitrogen and oxygen atoms in total. The number of rotatable bonds is 5. The van der Waals surface area contributed by atoms with Crippen molar-refractivity contribution in [2.45, 2.75) is 57.8 Å². The maximum atomic E-state index is 14.2. The number of aromatic nitrogens is 2. The number of phenols is 1. The highest BCUT2D eigenvalue weighted by Crippen LogP contribution is 2.49. The smallest absolute Gasteiger partial charge is 0.296 e. The van der Waals surface area contributed by atoms with Gasteiger partial charge in [-0.3, -0.25) is 14.5 Å².